The Labute approximate surface area is 72.0 Å². The van der Waals surface area contributed by atoms with Crippen molar-refractivity contribution in [1.82, 2.24) is 10.2 Å². The normalized spacial score (nSPS) is 10.4. The molecule has 2 heteroatoms. The zero-order chi connectivity index (χ0) is 9.44. The van der Waals surface area contributed by atoms with Crippen LogP contribution >= 0.6 is 0 Å². The van der Waals surface area contributed by atoms with E-state index in [9.17, 15) is 0 Å². The van der Waals surface area contributed by atoms with E-state index in [1.54, 1.807) is 0 Å². The molecule has 0 saturated carbocycles. The largest absolute Gasteiger partial charge is 0.312 e. The molecule has 0 amide bonds. The van der Waals surface area contributed by atoms with Gasteiger partial charge >= 0.3 is 0 Å². The molecule has 0 saturated heterocycles. The van der Waals surface area contributed by atoms with Crippen LogP contribution < -0.4 is 5.32 Å². The summed E-state index contributed by atoms with van der Waals surface area (Å²) >= 11 is 0. The van der Waals surface area contributed by atoms with Gasteiger partial charge in [0.15, 0.2) is 0 Å². The van der Waals surface area contributed by atoms with E-state index in [0.29, 0.717) is 12.1 Å². The molecule has 0 radical (unpaired) electrons. The lowest BCUT2D eigenvalue weighted by molar-refractivity contribution is 0.505. The van der Waals surface area contributed by atoms with Crippen molar-refractivity contribution in [3.8, 4) is 0 Å². The van der Waals surface area contributed by atoms with Crippen LogP contribution in [0.2, 0.25) is 0 Å². The molecule has 0 fully saturated rings. The Morgan fingerprint density at radius 1 is 0.818 bits per heavy atom. The number of nitrogens with zero attached hydrogens (tertiary/aromatic N) is 1. The van der Waals surface area contributed by atoms with Gasteiger partial charge in [-0.25, -0.2) is 0 Å². The maximum atomic E-state index is 3.31. The van der Waals surface area contributed by atoms with Gasteiger partial charge in [0.2, 0.25) is 0 Å². The molecule has 0 aromatic heterocycles. The Morgan fingerprint density at radius 3 is 1.00 bits per heavy atom. The average molecular weight is 160 g/mol. The van der Waals surface area contributed by atoms with Crippen molar-refractivity contribution in [3.05, 3.63) is 0 Å². The number of rotatable bonds is 2. The molecule has 70 valence electrons. The quantitative estimate of drug-likeness (QED) is 0.659. The fourth-order valence-corrected chi connectivity index (χ4v) is 0.667. The van der Waals surface area contributed by atoms with Crippen LogP contribution in [0.1, 0.15) is 27.7 Å². The predicted octanol–water partition coefficient (Wildman–Crippen LogP) is 1.57. The second kappa shape index (κ2) is 8.02. The van der Waals surface area contributed by atoms with Crippen molar-refractivity contribution in [1.29, 1.82) is 0 Å². The van der Waals surface area contributed by atoms with Gasteiger partial charge in [-0.15, -0.1) is 0 Å². The third-order valence-electron chi connectivity index (χ3n) is 0.667. The van der Waals surface area contributed by atoms with Crippen LogP contribution in [0.25, 0.3) is 0 Å². The van der Waals surface area contributed by atoms with Crippen LogP contribution in [0.4, 0.5) is 0 Å². The number of hydrogen-bond acceptors (Lipinski definition) is 2. The van der Waals surface area contributed by atoms with Crippen molar-refractivity contribution >= 4 is 0 Å². The Bertz CT molecular complexity index is 59.2. The van der Waals surface area contributed by atoms with Gasteiger partial charge in [0.25, 0.3) is 0 Å². The van der Waals surface area contributed by atoms with E-state index < -0.39 is 0 Å². The van der Waals surface area contributed by atoms with Crippen LogP contribution in [-0.4, -0.2) is 38.1 Å². The summed E-state index contributed by atoms with van der Waals surface area (Å²) in [7, 11) is 6.00. The van der Waals surface area contributed by atoms with Gasteiger partial charge in [-0.1, -0.05) is 27.7 Å². The molecule has 0 bridgehead atoms. The van der Waals surface area contributed by atoms with E-state index in [0.717, 1.165) is 0 Å². The fraction of sp³-hybridized carbons (Fsp3) is 1.00. The first-order valence-electron chi connectivity index (χ1n) is 4.23. The molecular weight excluding hydrogens is 136 g/mol. The third-order valence-corrected chi connectivity index (χ3v) is 0.667. The van der Waals surface area contributed by atoms with Gasteiger partial charge in [0.1, 0.15) is 0 Å². The zero-order valence-electron chi connectivity index (χ0n) is 9.10. The van der Waals surface area contributed by atoms with Crippen LogP contribution in [0.5, 0.6) is 0 Å². The summed E-state index contributed by atoms with van der Waals surface area (Å²) < 4.78 is 0. The van der Waals surface area contributed by atoms with Gasteiger partial charge in [-0.05, 0) is 21.1 Å². The van der Waals surface area contributed by atoms with Gasteiger partial charge < -0.3 is 10.2 Å². The minimum Gasteiger partial charge on any atom is -0.312 e. The summed E-state index contributed by atoms with van der Waals surface area (Å²) in [6, 6.07) is 1.25. The Morgan fingerprint density at radius 2 is 1.00 bits per heavy atom. The maximum Gasteiger partial charge on any atom is 0.00127 e. The van der Waals surface area contributed by atoms with Crippen LogP contribution in [0, 0.1) is 0 Å². The molecule has 0 spiro atoms. The molecule has 0 aliphatic heterocycles. The lowest BCUT2D eigenvalue weighted by atomic mass is 10.3. The molecule has 0 heterocycles. The summed E-state index contributed by atoms with van der Waals surface area (Å²) in [6.07, 6.45) is 0. The van der Waals surface area contributed by atoms with E-state index in [1.807, 2.05) is 26.0 Å². The first kappa shape index (κ1) is 13.5. The van der Waals surface area contributed by atoms with Crippen LogP contribution in [0.15, 0.2) is 0 Å². The topological polar surface area (TPSA) is 15.3 Å². The highest BCUT2D eigenvalue weighted by molar-refractivity contribution is 4.55. The lowest BCUT2D eigenvalue weighted by Gasteiger charge is -2.10. The molecule has 0 aliphatic rings. The SMILES string of the molecule is CC(C)NC(C)C.CN(C)C. The van der Waals surface area contributed by atoms with E-state index in [1.165, 1.54) is 0 Å². The predicted molar refractivity (Wildman–Crippen MR) is 53.0 cm³/mol. The van der Waals surface area contributed by atoms with E-state index in [2.05, 4.69) is 33.0 Å². The highest BCUT2D eigenvalue weighted by Gasteiger charge is 1.92. The van der Waals surface area contributed by atoms with Gasteiger partial charge in [0.05, 0.1) is 0 Å². The fourth-order valence-electron chi connectivity index (χ4n) is 0.667. The van der Waals surface area contributed by atoms with Gasteiger partial charge in [-0.2, -0.15) is 0 Å². The summed E-state index contributed by atoms with van der Waals surface area (Å²) in [6.45, 7) is 8.61. The lowest BCUT2D eigenvalue weighted by Crippen LogP contribution is -2.29. The molecule has 2 nitrogen and oxygen atoms in total. The summed E-state index contributed by atoms with van der Waals surface area (Å²) in [5.41, 5.74) is 0. The van der Waals surface area contributed by atoms with Gasteiger partial charge in [0, 0.05) is 12.1 Å². The highest BCUT2D eigenvalue weighted by Crippen LogP contribution is 1.80. The molecule has 0 aliphatic carbocycles. The second-order valence-corrected chi connectivity index (χ2v) is 3.82. The second-order valence-electron chi connectivity index (χ2n) is 3.82. The molecule has 11 heavy (non-hydrogen) atoms. The minimum absolute atomic E-state index is 0.625. The van der Waals surface area contributed by atoms with Crippen molar-refractivity contribution in [2.75, 3.05) is 21.1 Å². The van der Waals surface area contributed by atoms with E-state index >= 15 is 0 Å². The molecular formula is C9H24N2. The number of hydrogen-bond donors (Lipinski definition) is 1. The van der Waals surface area contributed by atoms with E-state index in [4.69, 9.17) is 0 Å². The highest BCUT2D eigenvalue weighted by atomic mass is 15.0. The summed E-state index contributed by atoms with van der Waals surface area (Å²) in [5.74, 6) is 0. The molecule has 0 atom stereocenters. The average Bonchev–Trinajstić information content (AvgIpc) is 1.56. The monoisotopic (exact) mass is 160 g/mol. The maximum absolute atomic E-state index is 3.31. The van der Waals surface area contributed by atoms with Crippen molar-refractivity contribution in [3.63, 3.8) is 0 Å². The molecule has 0 unspecified atom stereocenters. The molecule has 0 aromatic carbocycles. The van der Waals surface area contributed by atoms with Gasteiger partial charge in [-0.3, -0.25) is 0 Å². The zero-order valence-corrected chi connectivity index (χ0v) is 9.10. The van der Waals surface area contributed by atoms with Crippen LogP contribution in [-0.2, 0) is 0 Å². The van der Waals surface area contributed by atoms with Crippen molar-refractivity contribution < 1.29 is 0 Å². The molecule has 0 rings (SSSR count). The van der Waals surface area contributed by atoms with Crippen molar-refractivity contribution in [2.24, 2.45) is 0 Å². The Hall–Kier alpha value is -0.0800. The minimum atomic E-state index is 0.625. The Kier molecular flexibility index (Phi) is 9.85. The molecule has 0 aromatic rings. The smallest absolute Gasteiger partial charge is 0.00127 e. The first-order chi connectivity index (χ1) is 4.86. The first-order valence-corrected chi connectivity index (χ1v) is 4.23. The summed E-state index contributed by atoms with van der Waals surface area (Å²) in [5, 5.41) is 3.31. The number of nitrogens with one attached hydrogen (secondary N) is 1. The standard InChI is InChI=1S/C6H15N.C3H9N/c1-5(2)7-6(3)4;1-4(2)3/h5-7H,1-4H3;1-3H3. The Balaban J connectivity index is 0. The molecule has 1 N–H and O–H groups in total. The third kappa shape index (κ3) is 40.5. The van der Waals surface area contributed by atoms with Crippen LogP contribution in [0.3, 0.4) is 0 Å². The summed E-state index contributed by atoms with van der Waals surface area (Å²) in [4.78, 5) is 2.00. The van der Waals surface area contributed by atoms with E-state index in [-0.39, 0.29) is 0 Å². The van der Waals surface area contributed by atoms with Crippen molar-refractivity contribution in [2.45, 2.75) is 39.8 Å².